The molecule has 1 rings (SSSR count). The Hall–Kier alpha value is -1.87. The molecule has 1 aliphatic rings. The van der Waals surface area contributed by atoms with Crippen LogP contribution in [0.15, 0.2) is 22.5 Å². The molecule has 1 unspecified atom stereocenters. The number of alkyl halides is 6. The lowest BCUT2D eigenvalue weighted by atomic mass is 10.0. The molecule has 1 aliphatic carbocycles. The van der Waals surface area contributed by atoms with E-state index >= 15 is 0 Å². The molecular formula is C15H19F6N3O. The highest BCUT2D eigenvalue weighted by Crippen LogP contribution is 2.31. The molecule has 0 heterocycles. The minimum Gasteiger partial charge on any atom is -0.378 e. The van der Waals surface area contributed by atoms with Gasteiger partial charge in [0.15, 0.2) is 11.4 Å². The van der Waals surface area contributed by atoms with Crippen molar-refractivity contribution < 1.29 is 31.1 Å². The third kappa shape index (κ3) is 6.17. The largest absolute Gasteiger partial charge is 0.435 e. The lowest BCUT2D eigenvalue weighted by Gasteiger charge is -2.16. The van der Waals surface area contributed by atoms with E-state index in [9.17, 15) is 31.1 Å². The molecule has 0 aliphatic heterocycles. The van der Waals surface area contributed by atoms with Gasteiger partial charge in [0.25, 0.3) is 0 Å². The highest BCUT2D eigenvalue weighted by atomic mass is 19.4. The van der Waals surface area contributed by atoms with Gasteiger partial charge in [-0.15, -0.1) is 10.2 Å². The number of carbonyl (C=O) groups is 1. The van der Waals surface area contributed by atoms with Crippen LogP contribution in [0.5, 0.6) is 0 Å². The first-order valence-electron chi connectivity index (χ1n) is 7.75. The molecule has 0 spiro atoms. The van der Waals surface area contributed by atoms with E-state index in [-0.39, 0.29) is 19.3 Å². The number of ketones is 1. The lowest BCUT2D eigenvalue weighted by molar-refractivity contribution is -0.120. The zero-order valence-electron chi connectivity index (χ0n) is 13.8. The molecular weight excluding hydrogens is 352 g/mol. The average molecular weight is 371 g/mol. The second-order valence-corrected chi connectivity index (χ2v) is 5.41. The van der Waals surface area contributed by atoms with Crippen molar-refractivity contribution in [3.05, 3.63) is 12.3 Å². The van der Waals surface area contributed by atoms with Crippen molar-refractivity contribution in [1.29, 1.82) is 0 Å². The van der Waals surface area contributed by atoms with E-state index in [1.807, 2.05) is 0 Å². The van der Waals surface area contributed by atoms with E-state index in [0.29, 0.717) is 19.2 Å². The van der Waals surface area contributed by atoms with Crippen molar-refractivity contribution >= 4 is 17.2 Å². The fourth-order valence-corrected chi connectivity index (χ4v) is 2.33. The van der Waals surface area contributed by atoms with Gasteiger partial charge in [-0.05, 0) is 32.8 Å². The normalized spacial score (nSPS) is 20.6. The van der Waals surface area contributed by atoms with E-state index in [2.05, 4.69) is 10.2 Å². The molecule has 25 heavy (non-hydrogen) atoms. The Labute approximate surface area is 141 Å². The standard InChI is InChI=1S/C15H19F6N3O/c1-3-24(4-2)9-8-12(14(16,17)18)22-23-13(15(19,20)21)10-6-5-7-11(10)25/h8-10H,3-7H2,1-2H3/b9-8+,22-12-,23-13-. The number of nitrogens with zero attached hydrogens (tertiary/aromatic N) is 3. The summed E-state index contributed by atoms with van der Waals surface area (Å²) in [7, 11) is 0. The van der Waals surface area contributed by atoms with Crippen LogP contribution in [0.2, 0.25) is 0 Å². The third-order valence-electron chi connectivity index (χ3n) is 3.74. The van der Waals surface area contributed by atoms with Gasteiger partial charge in [-0.2, -0.15) is 26.3 Å². The Morgan fingerprint density at radius 3 is 2.12 bits per heavy atom. The fourth-order valence-electron chi connectivity index (χ4n) is 2.33. The van der Waals surface area contributed by atoms with Crippen LogP contribution in [-0.4, -0.2) is 47.5 Å². The summed E-state index contributed by atoms with van der Waals surface area (Å²) >= 11 is 0. The molecule has 1 saturated carbocycles. The number of rotatable bonds is 6. The summed E-state index contributed by atoms with van der Waals surface area (Å²) in [5.74, 6) is -2.23. The predicted molar refractivity (Wildman–Crippen MR) is 81.4 cm³/mol. The Balaban J connectivity index is 3.24. The first-order chi connectivity index (χ1) is 11.5. The quantitative estimate of drug-likeness (QED) is 0.400. The Kier molecular flexibility index (Phi) is 7.18. The van der Waals surface area contributed by atoms with Crippen molar-refractivity contribution in [1.82, 2.24) is 4.90 Å². The topological polar surface area (TPSA) is 45.0 Å². The Bertz CT molecular complexity index is 559. The van der Waals surface area contributed by atoms with Crippen molar-refractivity contribution in [3.8, 4) is 0 Å². The monoisotopic (exact) mass is 371 g/mol. The van der Waals surface area contributed by atoms with Gasteiger partial charge in [0.1, 0.15) is 5.78 Å². The van der Waals surface area contributed by atoms with E-state index in [1.165, 1.54) is 4.90 Å². The van der Waals surface area contributed by atoms with Crippen molar-refractivity contribution in [2.75, 3.05) is 13.1 Å². The van der Waals surface area contributed by atoms with Gasteiger partial charge in [-0.1, -0.05) is 0 Å². The van der Waals surface area contributed by atoms with Crippen LogP contribution >= 0.6 is 0 Å². The molecule has 0 amide bonds. The molecule has 0 N–H and O–H groups in total. The molecule has 4 nitrogen and oxygen atoms in total. The van der Waals surface area contributed by atoms with E-state index in [1.54, 1.807) is 13.8 Å². The molecule has 0 saturated heterocycles. The number of hydrogen-bond acceptors (Lipinski definition) is 4. The molecule has 0 aromatic heterocycles. The average Bonchev–Trinajstić information content (AvgIpc) is 2.89. The van der Waals surface area contributed by atoms with Crippen LogP contribution in [0, 0.1) is 5.92 Å². The second kappa shape index (κ2) is 8.48. The molecule has 10 heteroatoms. The van der Waals surface area contributed by atoms with Crippen LogP contribution in [0.4, 0.5) is 26.3 Å². The minimum absolute atomic E-state index is 0.0442. The van der Waals surface area contributed by atoms with E-state index in [0.717, 1.165) is 6.20 Å². The Morgan fingerprint density at radius 2 is 1.72 bits per heavy atom. The maximum atomic E-state index is 13.1. The van der Waals surface area contributed by atoms with Gasteiger partial charge in [-0.3, -0.25) is 4.79 Å². The van der Waals surface area contributed by atoms with Crippen LogP contribution in [-0.2, 0) is 4.79 Å². The lowest BCUT2D eigenvalue weighted by Crippen LogP contribution is -2.33. The maximum absolute atomic E-state index is 13.1. The number of allylic oxidation sites excluding steroid dienone is 1. The third-order valence-corrected chi connectivity index (χ3v) is 3.74. The molecule has 142 valence electrons. The van der Waals surface area contributed by atoms with Gasteiger partial charge in [0.2, 0.25) is 0 Å². The highest BCUT2D eigenvalue weighted by Gasteiger charge is 2.45. The summed E-state index contributed by atoms with van der Waals surface area (Å²) in [4.78, 5) is 13.0. The summed E-state index contributed by atoms with van der Waals surface area (Å²) in [6.07, 6.45) is -8.22. The van der Waals surface area contributed by atoms with E-state index in [4.69, 9.17) is 0 Å². The fraction of sp³-hybridized carbons (Fsp3) is 0.667. The zero-order chi connectivity index (χ0) is 19.3. The van der Waals surface area contributed by atoms with Gasteiger partial charge in [0, 0.05) is 25.7 Å². The van der Waals surface area contributed by atoms with Gasteiger partial charge >= 0.3 is 12.4 Å². The summed E-state index contributed by atoms with van der Waals surface area (Å²) in [6, 6.07) is 0. The SMILES string of the molecule is CCN(/C=C/C(=N/N=C(/C1CCCC1=O)C(F)(F)F)C(F)(F)F)CC. The van der Waals surface area contributed by atoms with E-state index < -0.39 is 35.5 Å². The molecule has 0 aromatic carbocycles. The van der Waals surface area contributed by atoms with Gasteiger partial charge in [0.05, 0.1) is 5.92 Å². The Morgan fingerprint density at radius 1 is 1.12 bits per heavy atom. The first-order valence-corrected chi connectivity index (χ1v) is 7.75. The zero-order valence-corrected chi connectivity index (χ0v) is 13.8. The summed E-state index contributed by atoms with van der Waals surface area (Å²) in [5, 5.41) is 5.57. The van der Waals surface area contributed by atoms with Gasteiger partial charge in [-0.25, -0.2) is 0 Å². The summed E-state index contributed by atoms with van der Waals surface area (Å²) in [5.41, 5.74) is -3.14. The van der Waals surface area contributed by atoms with Crippen molar-refractivity contribution in [3.63, 3.8) is 0 Å². The number of halogens is 6. The van der Waals surface area contributed by atoms with Crippen LogP contribution < -0.4 is 0 Å². The van der Waals surface area contributed by atoms with Crippen LogP contribution in [0.25, 0.3) is 0 Å². The molecule has 0 aromatic rings. The highest BCUT2D eigenvalue weighted by molar-refractivity contribution is 6.09. The van der Waals surface area contributed by atoms with Gasteiger partial charge < -0.3 is 4.90 Å². The minimum atomic E-state index is -5.02. The van der Waals surface area contributed by atoms with Crippen LogP contribution in [0.3, 0.4) is 0 Å². The second-order valence-electron chi connectivity index (χ2n) is 5.41. The molecule has 1 fully saturated rings. The molecule has 0 radical (unpaired) electrons. The van der Waals surface area contributed by atoms with Crippen LogP contribution in [0.1, 0.15) is 33.1 Å². The first kappa shape index (κ1) is 21.2. The predicted octanol–water partition coefficient (Wildman–Crippen LogP) is 4.13. The maximum Gasteiger partial charge on any atom is 0.435 e. The summed E-state index contributed by atoms with van der Waals surface area (Å²) in [6.45, 7) is 4.27. The summed E-state index contributed by atoms with van der Waals surface area (Å²) < 4.78 is 78.1. The van der Waals surface area contributed by atoms with Crippen molar-refractivity contribution in [2.45, 2.75) is 45.5 Å². The number of Topliss-reactive ketones (excluding diaryl/α,β-unsaturated/α-hetero) is 1. The van der Waals surface area contributed by atoms with Crippen molar-refractivity contribution in [2.24, 2.45) is 16.1 Å². The number of carbonyl (C=O) groups excluding carboxylic acids is 1. The smallest absolute Gasteiger partial charge is 0.378 e. The molecule has 1 atom stereocenters. The molecule has 0 bridgehead atoms. The number of hydrogen-bond donors (Lipinski definition) is 0.